The van der Waals surface area contributed by atoms with Crippen LogP contribution >= 0.6 is 11.3 Å². The second-order valence-corrected chi connectivity index (χ2v) is 8.57. The molecule has 1 amide bonds. The topological polar surface area (TPSA) is 119 Å². The number of hydrogen-bond acceptors (Lipinski definition) is 7. The number of fused-ring (bicyclic) bond motifs is 3. The van der Waals surface area contributed by atoms with Gasteiger partial charge in [0, 0.05) is 29.3 Å². The van der Waals surface area contributed by atoms with Gasteiger partial charge in [0.2, 0.25) is 0 Å². The quantitative estimate of drug-likeness (QED) is 0.496. The van der Waals surface area contributed by atoms with Crippen LogP contribution in [0.5, 0.6) is 5.75 Å². The fraction of sp³-hybridized carbons (Fsp3) is 0.429. The number of aliphatic hydroxyl groups is 1. The monoisotopic (exact) mass is 414 g/mol. The van der Waals surface area contributed by atoms with Crippen molar-refractivity contribution in [2.75, 3.05) is 13.2 Å². The van der Waals surface area contributed by atoms with Crippen LogP contribution in [0.3, 0.4) is 0 Å². The molecule has 0 radical (unpaired) electrons. The maximum absolute atomic E-state index is 12.7. The Morgan fingerprint density at radius 3 is 2.79 bits per heavy atom. The van der Waals surface area contributed by atoms with Crippen molar-refractivity contribution in [3.8, 4) is 17.0 Å². The summed E-state index contributed by atoms with van der Waals surface area (Å²) in [4.78, 5) is 18.3. The molecule has 2 heterocycles. The Bertz CT molecular complexity index is 901. The number of carbonyl (C=O) groups is 1. The zero-order valence-corrected chi connectivity index (χ0v) is 17.4. The summed E-state index contributed by atoms with van der Waals surface area (Å²) in [5.74, 6) is 0.360. The van der Waals surface area contributed by atoms with Crippen molar-refractivity contribution < 1.29 is 14.6 Å². The molecule has 1 aliphatic rings. The first-order valence-electron chi connectivity index (χ1n) is 9.66. The fourth-order valence-electron chi connectivity index (χ4n) is 3.38. The highest BCUT2D eigenvalue weighted by atomic mass is 32.1. The van der Waals surface area contributed by atoms with Crippen molar-refractivity contribution in [1.82, 2.24) is 10.3 Å². The third-order valence-electron chi connectivity index (χ3n) is 4.79. The summed E-state index contributed by atoms with van der Waals surface area (Å²) in [6.45, 7) is 4.47. The van der Waals surface area contributed by atoms with E-state index in [4.69, 9.17) is 15.6 Å². The first-order valence-corrected chi connectivity index (χ1v) is 10.5. The number of ether oxygens (including phenoxy) is 1. The molecule has 1 aromatic heterocycles. The Balaban J connectivity index is 1.89. The molecule has 3 rings (SSSR count). The normalized spacial score (nSPS) is 14.8. The molecule has 0 aliphatic carbocycles. The molecule has 0 saturated carbocycles. The second kappa shape index (κ2) is 9.28. The fourth-order valence-corrected chi connectivity index (χ4v) is 4.34. The third kappa shape index (κ3) is 4.71. The summed E-state index contributed by atoms with van der Waals surface area (Å²) in [7, 11) is 0. The molecule has 0 fully saturated rings. The largest absolute Gasteiger partial charge is 0.492 e. The van der Waals surface area contributed by atoms with Gasteiger partial charge in [0.05, 0.1) is 30.9 Å². The van der Waals surface area contributed by atoms with E-state index >= 15 is 0 Å². The van der Waals surface area contributed by atoms with Gasteiger partial charge in [-0.05, 0) is 30.0 Å². The van der Waals surface area contributed by atoms with Gasteiger partial charge in [-0.2, -0.15) is 0 Å². The van der Waals surface area contributed by atoms with Gasteiger partial charge < -0.3 is 26.0 Å². The molecule has 7 nitrogen and oxygen atoms in total. The van der Waals surface area contributed by atoms with Gasteiger partial charge in [0.1, 0.15) is 5.75 Å². The van der Waals surface area contributed by atoms with Crippen LogP contribution < -0.4 is 10.1 Å². The molecule has 1 aliphatic heterocycles. The number of amides is 1. The predicted molar refractivity (Wildman–Crippen MR) is 115 cm³/mol. The Hall–Kier alpha value is -2.58. The van der Waals surface area contributed by atoms with Crippen LogP contribution in [0.25, 0.3) is 11.3 Å². The van der Waals surface area contributed by atoms with Gasteiger partial charge in [0.15, 0.2) is 5.01 Å². The zero-order valence-electron chi connectivity index (χ0n) is 16.6. The van der Waals surface area contributed by atoms with Crippen LogP contribution in [0.4, 0.5) is 0 Å². The van der Waals surface area contributed by atoms with Crippen molar-refractivity contribution in [3.05, 3.63) is 33.6 Å². The zero-order chi connectivity index (χ0) is 21.0. The second-order valence-electron chi connectivity index (χ2n) is 7.49. The third-order valence-corrected chi connectivity index (χ3v) is 5.91. The van der Waals surface area contributed by atoms with Gasteiger partial charge in [-0.25, -0.2) is 4.98 Å². The Kier molecular flexibility index (Phi) is 6.76. The molecular weight excluding hydrogens is 388 g/mol. The van der Waals surface area contributed by atoms with E-state index in [1.807, 2.05) is 32.0 Å². The lowest BCUT2D eigenvalue weighted by Crippen LogP contribution is -2.38. The Morgan fingerprint density at radius 1 is 1.38 bits per heavy atom. The van der Waals surface area contributed by atoms with E-state index in [9.17, 15) is 9.90 Å². The maximum Gasteiger partial charge on any atom is 0.280 e. The van der Waals surface area contributed by atoms with Crippen LogP contribution in [-0.2, 0) is 6.42 Å². The highest BCUT2D eigenvalue weighted by molar-refractivity contribution is 7.14. The van der Waals surface area contributed by atoms with Crippen molar-refractivity contribution in [3.63, 3.8) is 0 Å². The van der Waals surface area contributed by atoms with Crippen molar-refractivity contribution in [2.24, 2.45) is 5.92 Å². The lowest BCUT2D eigenvalue weighted by atomic mass is 9.98. The number of nitrogens with zero attached hydrogens (tertiary/aromatic N) is 1. The Labute approximate surface area is 174 Å². The maximum atomic E-state index is 12.7. The van der Waals surface area contributed by atoms with Gasteiger partial charge >= 0.3 is 0 Å². The highest BCUT2D eigenvalue weighted by Crippen LogP contribution is 2.38. The number of hydrogen-bond donors (Lipinski definition) is 4. The summed E-state index contributed by atoms with van der Waals surface area (Å²) in [6.07, 6.45) is 3.79. The molecule has 2 aromatic rings. The molecule has 1 atom stereocenters. The average Bonchev–Trinajstić information content (AvgIpc) is 3.05. The number of thiazole rings is 1. The lowest BCUT2D eigenvalue weighted by molar-refractivity contribution is 0.0908. The smallest absolute Gasteiger partial charge is 0.280 e. The van der Waals surface area contributed by atoms with Crippen LogP contribution in [0.1, 0.15) is 46.4 Å². The molecule has 4 N–H and O–H groups in total. The molecule has 0 unspecified atom stereocenters. The van der Waals surface area contributed by atoms with Crippen molar-refractivity contribution in [1.29, 1.82) is 10.8 Å². The minimum absolute atomic E-state index is 0.102. The molecular formula is C21H26N4O3S. The number of aliphatic hydroxyl groups excluding tert-OH is 1. The highest BCUT2D eigenvalue weighted by Gasteiger charge is 2.25. The predicted octanol–water partition coefficient (Wildman–Crippen LogP) is 3.26. The molecule has 29 heavy (non-hydrogen) atoms. The minimum atomic E-state index is -0.389. The van der Waals surface area contributed by atoms with Crippen molar-refractivity contribution in [2.45, 2.75) is 38.6 Å². The van der Waals surface area contributed by atoms with Gasteiger partial charge in [-0.15, -0.1) is 11.3 Å². The molecule has 8 heteroatoms. The Morgan fingerprint density at radius 2 is 2.14 bits per heavy atom. The first kappa shape index (κ1) is 21.1. The molecule has 0 bridgehead atoms. The number of aromatic nitrogens is 1. The van der Waals surface area contributed by atoms with Crippen molar-refractivity contribution >= 4 is 29.7 Å². The summed E-state index contributed by atoms with van der Waals surface area (Å²) in [6, 6.07) is 5.30. The molecule has 154 valence electrons. The first-order chi connectivity index (χ1) is 14.0. The number of benzene rings is 1. The van der Waals surface area contributed by atoms with Crippen LogP contribution in [0.2, 0.25) is 0 Å². The van der Waals surface area contributed by atoms with Crippen LogP contribution in [0.15, 0.2) is 18.2 Å². The summed E-state index contributed by atoms with van der Waals surface area (Å²) in [5, 5.41) is 27.7. The molecule has 1 aromatic carbocycles. The van der Waals surface area contributed by atoms with Gasteiger partial charge in [0.25, 0.3) is 5.91 Å². The summed E-state index contributed by atoms with van der Waals surface area (Å²) < 4.78 is 5.88. The van der Waals surface area contributed by atoms with Crippen LogP contribution in [0, 0.1) is 16.7 Å². The van der Waals surface area contributed by atoms with Crippen LogP contribution in [-0.4, -0.2) is 47.7 Å². The van der Waals surface area contributed by atoms with Gasteiger partial charge in [-0.3, -0.25) is 4.79 Å². The molecule has 0 spiro atoms. The van der Waals surface area contributed by atoms with E-state index in [2.05, 4.69) is 10.3 Å². The summed E-state index contributed by atoms with van der Waals surface area (Å²) in [5.41, 5.74) is 2.36. The van der Waals surface area contributed by atoms with E-state index in [-0.39, 0.29) is 24.5 Å². The lowest BCUT2D eigenvalue weighted by Gasteiger charge is -2.17. The molecule has 0 saturated heterocycles. The number of carbonyl (C=O) groups excluding carboxylic acids is 1. The summed E-state index contributed by atoms with van der Waals surface area (Å²) >= 11 is 1.35. The average molecular weight is 415 g/mol. The number of rotatable bonds is 8. The van der Waals surface area contributed by atoms with E-state index in [1.165, 1.54) is 23.8 Å². The van der Waals surface area contributed by atoms with Gasteiger partial charge in [-0.1, -0.05) is 19.9 Å². The number of nitrogens with one attached hydrogen (secondary N) is 3. The minimum Gasteiger partial charge on any atom is -0.492 e. The van der Waals surface area contributed by atoms with E-state index < -0.39 is 0 Å². The van der Waals surface area contributed by atoms with E-state index in [0.29, 0.717) is 36.1 Å². The van der Waals surface area contributed by atoms with E-state index in [0.717, 1.165) is 21.7 Å². The van der Waals surface area contributed by atoms with E-state index in [1.54, 1.807) is 0 Å². The standard InChI is InChI=1S/C21H26N4O3S/c1-12(2)7-15(11-26)24-20(27)21-25-19-16-4-3-13(14(9-22)10-23)8-17(16)28-6-5-18(19)29-21/h3-4,8-10,12,14-15,22-23,26H,5-7,11H2,1-2H3,(H,24,27)/t14?,15-/m0/s1. The SMILES string of the molecule is CC(C)C[C@@H](CO)NC(=O)c1nc2c(s1)CCOc1cc(C(C=N)C=N)ccc1-2.